The number of hydrogen-bond acceptors (Lipinski definition) is 4. The molecule has 94 valence electrons. The fourth-order valence-corrected chi connectivity index (χ4v) is 1.65. The minimum Gasteiger partial charge on any atom is -0.443 e. The van der Waals surface area contributed by atoms with E-state index in [9.17, 15) is 9.90 Å². The quantitative estimate of drug-likeness (QED) is 0.617. The lowest BCUT2D eigenvalue weighted by atomic mass is 9.93. The van der Waals surface area contributed by atoms with Gasteiger partial charge in [-0.05, 0) is 40.7 Å². The summed E-state index contributed by atoms with van der Waals surface area (Å²) in [7, 11) is 0. The first kappa shape index (κ1) is 13.3. The van der Waals surface area contributed by atoms with Crippen LogP contribution in [0.25, 0.3) is 0 Å². The monoisotopic (exact) mass is 230 g/mol. The van der Waals surface area contributed by atoms with E-state index in [2.05, 4.69) is 10.6 Å². The normalized spacial score (nSPS) is 30.9. The number of alkyl carbamates (subject to hydrolysis) is 1. The number of rotatable bonds is 1. The molecule has 0 aromatic carbocycles. The Kier molecular flexibility index (Phi) is 3.80. The van der Waals surface area contributed by atoms with E-state index < -0.39 is 17.8 Å². The zero-order valence-corrected chi connectivity index (χ0v) is 10.5. The zero-order valence-electron chi connectivity index (χ0n) is 10.5. The van der Waals surface area contributed by atoms with Crippen molar-refractivity contribution in [2.24, 2.45) is 0 Å². The second-order valence-electron chi connectivity index (χ2n) is 5.59. The predicted molar refractivity (Wildman–Crippen MR) is 61.3 cm³/mol. The lowest BCUT2D eigenvalue weighted by Gasteiger charge is -2.37. The fourth-order valence-electron chi connectivity index (χ4n) is 1.65. The van der Waals surface area contributed by atoms with E-state index >= 15 is 0 Å². The Bertz CT molecular complexity index is 258. The van der Waals surface area contributed by atoms with Gasteiger partial charge >= 0.3 is 6.09 Å². The van der Waals surface area contributed by atoms with Crippen molar-refractivity contribution in [1.82, 2.24) is 10.6 Å². The number of carbonyl (C=O) groups excluding carboxylic acids is 1. The van der Waals surface area contributed by atoms with Gasteiger partial charge in [0.05, 0.1) is 0 Å². The molecular weight excluding hydrogens is 208 g/mol. The average molecular weight is 230 g/mol. The lowest BCUT2D eigenvalue weighted by Crippen LogP contribution is -2.56. The Balaban J connectivity index is 2.49. The molecular formula is C11H22N2O3. The molecule has 0 spiro atoms. The van der Waals surface area contributed by atoms with E-state index in [1.165, 1.54) is 0 Å². The van der Waals surface area contributed by atoms with Crippen molar-refractivity contribution in [2.45, 2.75) is 51.4 Å². The molecule has 5 heteroatoms. The van der Waals surface area contributed by atoms with E-state index in [1.807, 2.05) is 20.8 Å². The Hall–Kier alpha value is -0.810. The molecule has 0 bridgehead atoms. The van der Waals surface area contributed by atoms with Crippen LogP contribution in [-0.4, -0.2) is 41.5 Å². The molecule has 0 aliphatic carbocycles. The number of β-amino-alcohol motifs (C(OH)–C–C–N with tert-alkyl or cyclic N) is 1. The molecule has 0 aromatic heterocycles. The van der Waals surface area contributed by atoms with Crippen molar-refractivity contribution in [3.63, 3.8) is 0 Å². The minimum atomic E-state index is -0.993. The number of ether oxygens (including phenoxy) is 1. The van der Waals surface area contributed by atoms with Gasteiger partial charge in [-0.15, -0.1) is 0 Å². The number of carbonyl (C=O) groups is 1. The molecule has 3 N–H and O–H groups in total. The maximum Gasteiger partial charge on any atom is 0.407 e. The highest BCUT2D eigenvalue weighted by atomic mass is 16.6. The van der Waals surface area contributed by atoms with Gasteiger partial charge < -0.3 is 20.5 Å². The highest BCUT2D eigenvalue weighted by molar-refractivity contribution is 5.68. The first-order chi connectivity index (χ1) is 7.21. The molecule has 1 heterocycles. The summed E-state index contributed by atoms with van der Waals surface area (Å²) in [5, 5.41) is 15.8. The fraction of sp³-hybridized carbons (Fsp3) is 0.909. The first-order valence-corrected chi connectivity index (χ1v) is 5.63. The van der Waals surface area contributed by atoms with Crippen LogP contribution >= 0.6 is 0 Å². The smallest absolute Gasteiger partial charge is 0.407 e. The van der Waals surface area contributed by atoms with E-state index in [4.69, 9.17) is 4.74 Å². The first-order valence-electron chi connectivity index (χ1n) is 5.63. The summed E-state index contributed by atoms with van der Waals surface area (Å²) >= 11 is 0. The third-order valence-corrected chi connectivity index (χ3v) is 2.49. The van der Waals surface area contributed by atoms with Crippen LogP contribution in [0.1, 0.15) is 34.1 Å². The zero-order chi connectivity index (χ0) is 12.4. The molecule has 1 fully saturated rings. The van der Waals surface area contributed by atoms with Crippen molar-refractivity contribution < 1.29 is 14.6 Å². The van der Waals surface area contributed by atoms with Crippen LogP contribution in [0, 0.1) is 0 Å². The summed E-state index contributed by atoms with van der Waals surface area (Å²) in [6.07, 6.45) is -0.291. The molecule has 1 amide bonds. The SMILES string of the molecule is CC(C)(C)NC(=O)O[C@@H]1CCNC[C@@]1(C)O. The van der Waals surface area contributed by atoms with Crippen LogP contribution in [0.5, 0.6) is 0 Å². The van der Waals surface area contributed by atoms with Crippen LogP contribution in [0.3, 0.4) is 0 Å². The second kappa shape index (κ2) is 4.59. The molecule has 0 radical (unpaired) electrons. The van der Waals surface area contributed by atoms with Crippen LogP contribution in [0.2, 0.25) is 0 Å². The van der Waals surface area contributed by atoms with Gasteiger partial charge in [-0.2, -0.15) is 0 Å². The number of hydrogen-bond donors (Lipinski definition) is 3. The molecule has 0 saturated carbocycles. The summed E-state index contributed by atoms with van der Waals surface area (Å²) in [5.74, 6) is 0. The lowest BCUT2D eigenvalue weighted by molar-refractivity contribution is -0.0824. The van der Waals surface area contributed by atoms with Gasteiger partial charge in [0.2, 0.25) is 0 Å². The molecule has 1 rings (SSSR count). The van der Waals surface area contributed by atoms with Crippen molar-refractivity contribution in [2.75, 3.05) is 13.1 Å². The highest BCUT2D eigenvalue weighted by Crippen LogP contribution is 2.19. The number of nitrogens with one attached hydrogen (secondary N) is 2. The van der Waals surface area contributed by atoms with Gasteiger partial charge in [-0.3, -0.25) is 0 Å². The van der Waals surface area contributed by atoms with Crippen LogP contribution in [-0.2, 0) is 4.74 Å². The van der Waals surface area contributed by atoms with Crippen molar-refractivity contribution in [3.05, 3.63) is 0 Å². The molecule has 2 atom stereocenters. The third-order valence-electron chi connectivity index (χ3n) is 2.49. The van der Waals surface area contributed by atoms with E-state index in [0.717, 1.165) is 6.54 Å². The van der Waals surface area contributed by atoms with Crippen LogP contribution in [0.4, 0.5) is 4.79 Å². The number of amides is 1. The van der Waals surface area contributed by atoms with Crippen molar-refractivity contribution in [1.29, 1.82) is 0 Å². The maximum absolute atomic E-state index is 11.5. The van der Waals surface area contributed by atoms with Crippen LogP contribution < -0.4 is 10.6 Å². The Morgan fingerprint density at radius 3 is 2.69 bits per heavy atom. The van der Waals surface area contributed by atoms with Crippen molar-refractivity contribution >= 4 is 6.09 Å². The average Bonchev–Trinajstić information content (AvgIpc) is 2.05. The van der Waals surface area contributed by atoms with Crippen molar-refractivity contribution in [3.8, 4) is 0 Å². The Morgan fingerprint density at radius 2 is 2.19 bits per heavy atom. The summed E-state index contributed by atoms with van der Waals surface area (Å²) in [5.41, 5.74) is -1.32. The van der Waals surface area contributed by atoms with Gasteiger partial charge in [0.1, 0.15) is 11.7 Å². The topological polar surface area (TPSA) is 70.6 Å². The van der Waals surface area contributed by atoms with Gasteiger partial charge in [0, 0.05) is 12.1 Å². The summed E-state index contributed by atoms with van der Waals surface area (Å²) in [4.78, 5) is 11.5. The molecule has 1 aliphatic rings. The number of piperidine rings is 1. The summed E-state index contributed by atoms with van der Waals surface area (Å²) in [6, 6.07) is 0. The standard InChI is InChI=1S/C11H22N2O3/c1-10(2,3)13-9(14)16-8-5-6-12-7-11(8,4)15/h8,12,15H,5-7H2,1-4H3,(H,13,14)/t8-,11-/m1/s1. The van der Waals surface area contributed by atoms with Gasteiger partial charge in [-0.1, -0.05) is 0 Å². The Labute approximate surface area is 96.6 Å². The van der Waals surface area contributed by atoms with Crippen LogP contribution in [0.15, 0.2) is 0 Å². The van der Waals surface area contributed by atoms with Gasteiger partial charge in [0.25, 0.3) is 0 Å². The maximum atomic E-state index is 11.5. The predicted octanol–water partition coefficient (Wildman–Crippen LogP) is 0.624. The van der Waals surface area contributed by atoms with E-state index in [1.54, 1.807) is 6.92 Å². The number of aliphatic hydroxyl groups is 1. The largest absolute Gasteiger partial charge is 0.443 e. The third kappa shape index (κ3) is 3.98. The van der Waals surface area contributed by atoms with Gasteiger partial charge in [-0.25, -0.2) is 4.79 Å². The summed E-state index contributed by atoms with van der Waals surface area (Å²) in [6.45, 7) is 8.52. The second-order valence-corrected chi connectivity index (χ2v) is 5.59. The minimum absolute atomic E-state index is 0.324. The summed E-state index contributed by atoms with van der Waals surface area (Å²) < 4.78 is 5.24. The van der Waals surface area contributed by atoms with E-state index in [0.29, 0.717) is 13.0 Å². The molecule has 5 nitrogen and oxygen atoms in total. The molecule has 1 saturated heterocycles. The molecule has 0 unspecified atom stereocenters. The van der Waals surface area contributed by atoms with Gasteiger partial charge in [0.15, 0.2) is 0 Å². The van der Waals surface area contributed by atoms with E-state index in [-0.39, 0.29) is 5.54 Å². The molecule has 16 heavy (non-hydrogen) atoms. The Morgan fingerprint density at radius 1 is 1.56 bits per heavy atom. The highest BCUT2D eigenvalue weighted by Gasteiger charge is 2.37. The molecule has 0 aromatic rings. The molecule has 1 aliphatic heterocycles.